The Balaban J connectivity index is 1.50. The Morgan fingerprint density at radius 3 is 2.94 bits per heavy atom. The van der Waals surface area contributed by atoms with E-state index in [9.17, 15) is 9.59 Å². The molecule has 5 rings (SSSR count). The van der Waals surface area contributed by atoms with E-state index >= 15 is 0 Å². The fraction of sp³-hybridized carbons (Fsp3) is 0.591. The van der Waals surface area contributed by atoms with Crippen LogP contribution in [0.2, 0.25) is 5.02 Å². The van der Waals surface area contributed by atoms with Crippen LogP contribution in [0.5, 0.6) is 0 Å². The maximum atomic E-state index is 12.4. The van der Waals surface area contributed by atoms with Gasteiger partial charge < -0.3 is 19.8 Å². The number of likely N-dealkylation sites (tertiary alicyclic amines) is 1. The molecule has 2 N–H and O–H groups in total. The summed E-state index contributed by atoms with van der Waals surface area (Å²) in [5, 5.41) is 6.52. The predicted octanol–water partition coefficient (Wildman–Crippen LogP) is 4.16. The molecule has 1 saturated heterocycles. The molecule has 2 fully saturated rings. The Kier molecular flexibility index (Phi) is 5.30. The summed E-state index contributed by atoms with van der Waals surface area (Å²) in [6.07, 6.45) is 6.71. The lowest BCUT2D eigenvalue weighted by Crippen LogP contribution is -2.52. The van der Waals surface area contributed by atoms with Gasteiger partial charge in [0.05, 0.1) is 35.8 Å². The number of oxazole rings is 1. The first-order valence-corrected chi connectivity index (χ1v) is 11.4. The van der Waals surface area contributed by atoms with Crippen LogP contribution in [-0.2, 0) is 21.6 Å². The summed E-state index contributed by atoms with van der Waals surface area (Å²) in [6, 6.07) is 1.54. The maximum Gasteiger partial charge on any atom is 0.319 e. The van der Waals surface area contributed by atoms with Gasteiger partial charge in [-0.05, 0) is 38.3 Å². The molecule has 166 valence electrons. The average molecular weight is 447 g/mol. The summed E-state index contributed by atoms with van der Waals surface area (Å²) in [5.41, 5.74) is 2.45. The zero-order valence-corrected chi connectivity index (χ0v) is 18.4. The molecule has 0 radical (unpaired) electrons. The average Bonchev–Trinajstić information content (AvgIpc) is 3.15. The van der Waals surface area contributed by atoms with Crippen molar-refractivity contribution in [2.45, 2.75) is 57.0 Å². The quantitative estimate of drug-likeness (QED) is 0.687. The summed E-state index contributed by atoms with van der Waals surface area (Å²) in [7, 11) is 1.43. The van der Waals surface area contributed by atoms with Crippen LogP contribution in [0, 0.1) is 5.92 Å². The second-order valence-corrected chi connectivity index (χ2v) is 9.29. The molecule has 3 heterocycles. The number of nitrogens with one attached hydrogen (secondary N) is 2. The number of anilines is 1. The van der Waals surface area contributed by atoms with Crippen molar-refractivity contribution in [3.05, 3.63) is 22.5 Å². The number of benzene rings is 1. The number of amides is 2. The minimum absolute atomic E-state index is 0.116. The zero-order valence-electron chi connectivity index (χ0n) is 17.6. The number of carbonyl (C=O) groups is 2. The first kappa shape index (κ1) is 20.6. The monoisotopic (exact) mass is 446 g/mol. The van der Waals surface area contributed by atoms with Crippen LogP contribution in [0.3, 0.4) is 0 Å². The second kappa shape index (κ2) is 7.98. The number of rotatable bonds is 3. The lowest BCUT2D eigenvalue weighted by atomic mass is 9.74. The minimum Gasteiger partial charge on any atom is -0.469 e. The van der Waals surface area contributed by atoms with Crippen molar-refractivity contribution in [1.82, 2.24) is 15.2 Å². The van der Waals surface area contributed by atoms with Gasteiger partial charge in [-0.1, -0.05) is 30.9 Å². The molecular weight excluding hydrogens is 420 g/mol. The predicted molar refractivity (Wildman–Crippen MR) is 116 cm³/mol. The van der Waals surface area contributed by atoms with E-state index in [0.717, 1.165) is 57.1 Å². The van der Waals surface area contributed by atoms with Gasteiger partial charge in [0.1, 0.15) is 5.52 Å². The van der Waals surface area contributed by atoms with Crippen LogP contribution in [-0.4, -0.2) is 42.1 Å². The lowest BCUT2D eigenvalue weighted by molar-refractivity contribution is -0.147. The molecule has 0 unspecified atom stereocenters. The van der Waals surface area contributed by atoms with Gasteiger partial charge in [0, 0.05) is 12.1 Å². The van der Waals surface area contributed by atoms with Crippen LogP contribution in [0.25, 0.3) is 11.1 Å². The minimum atomic E-state index is -0.475. The summed E-state index contributed by atoms with van der Waals surface area (Å²) in [4.78, 5) is 31.2. The number of aromatic nitrogens is 1. The standard InChI is InChI=1S/C22H27ClN4O4/c1-30-20(28)13-6-5-9-27(11-13)12-16-24-15-10-14(23)18-17(19(15)31-16)22(26-21(29)25-18)7-3-2-4-8-22/h10,13H,2-9,11-12H2,1H3,(H2,25,26,29)/t13-/m1/s1. The van der Waals surface area contributed by atoms with E-state index in [1.807, 2.05) is 0 Å². The molecule has 1 saturated carbocycles. The molecule has 1 aromatic carbocycles. The Bertz CT molecular complexity index is 1030. The van der Waals surface area contributed by atoms with Gasteiger partial charge in [-0.3, -0.25) is 9.69 Å². The Hall–Kier alpha value is -2.32. The van der Waals surface area contributed by atoms with Gasteiger partial charge in [-0.15, -0.1) is 0 Å². The highest BCUT2D eigenvalue weighted by molar-refractivity contribution is 6.35. The number of piperidine rings is 1. The highest BCUT2D eigenvalue weighted by atomic mass is 35.5. The topological polar surface area (TPSA) is 96.7 Å². The Morgan fingerprint density at radius 1 is 1.35 bits per heavy atom. The Morgan fingerprint density at radius 2 is 2.16 bits per heavy atom. The molecule has 2 aromatic rings. The molecule has 1 spiro atoms. The number of urea groups is 1. The van der Waals surface area contributed by atoms with Crippen molar-refractivity contribution in [3.8, 4) is 0 Å². The summed E-state index contributed by atoms with van der Waals surface area (Å²) >= 11 is 6.57. The van der Waals surface area contributed by atoms with Crippen molar-refractivity contribution in [2.75, 3.05) is 25.5 Å². The number of nitrogens with zero attached hydrogens (tertiary/aromatic N) is 2. The summed E-state index contributed by atoms with van der Waals surface area (Å²) in [6.45, 7) is 2.03. The van der Waals surface area contributed by atoms with E-state index in [0.29, 0.717) is 40.8 Å². The molecule has 0 bridgehead atoms. The summed E-state index contributed by atoms with van der Waals surface area (Å²) in [5.74, 6) is 0.312. The third kappa shape index (κ3) is 3.65. The fourth-order valence-corrected chi connectivity index (χ4v) is 5.68. The van der Waals surface area contributed by atoms with Gasteiger partial charge in [0.15, 0.2) is 5.58 Å². The molecule has 9 heteroatoms. The van der Waals surface area contributed by atoms with Crippen molar-refractivity contribution in [2.24, 2.45) is 5.92 Å². The van der Waals surface area contributed by atoms with Crippen molar-refractivity contribution in [3.63, 3.8) is 0 Å². The van der Waals surface area contributed by atoms with Gasteiger partial charge >= 0.3 is 12.0 Å². The maximum absolute atomic E-state index is 12.4. The van der Waals surface area contributed by atoms with Gasteiger partial charge in [-0.25, -0.2) is 9.78 Å². The number of carbonyl (C=O) groups excluding carboxylic acids is 2. The SMILES string of the molecule is COC(=O)[C@@H]1CCCN(Cc2nc3cc(Cl)c4c(c3o2)C2(CCCCC2)NC(=O)N4)C1. The number of esters is 1. The van der Waals surface area contributed by atoms with Crippen molar-refractivity contribution >= 4 is 40.4 Å². The van der Waals surface area contributed by atoms with E-state index in [1.165, 1.54) is 7.11 Å². The number of methoxy groups -OCH3 is 1. The van der Waals surface area contributed by atoms with E-state index in [-0.39, 0.29) is 17.9 Å². The molecule has 3 aliphatic rings. The van der Waals surface area contributed by atoms with Crippen LogP contribution >= 0.6 is 11.6 Å². The third-order valence-corrected chi connectivity index (χ3v) is 7.15. The fourth-order valence-electron chi connectivity index (χ4n) is 5.43. The number of ether oxygens (including phenoxy) is 1. The molecule has 1 atom stereocenters. The summed E-state index contributed by atoms with van der Waals surface area (Å²) < 4.78 is 11.2. The van der Waals surface area contributed by atoms with Crippen LogP contribution in [0.4, 0.5) is 10.5 Å². The third-order valence-electron chi connectivity index (χ3n) is 6.85. The molecule has 8 nitrogen and oxygen atoms in total. The van der Waals surface area contributed by atoms with Crippen LogP contribution in [0.1, 0.15) is 56.4 Å². The lowest BCUT2D eigenvalue weighted by Gasteiger charge is -2.42. The van der Waals surface area contributed by atoms with E-state index in [1.54, 1.807) is 6.07 Å². The van der Waals surface area contributed by atoms with Crippen molar-refractivity contribution < 1.29 is 18.7 Å². The number of halogens is 1. The van der Waals surface area contributed by atoms with Gasteiger partial charge in [0.2, 0.25) is 5.89 Å². The number of hydrogen-bond donors (Lipinski definition) is 2. The molecular formula is C22H27ClN4O4. The van der Waals surface area contributed by atoms with E-state index in [4.69, 9.17) is 25.7 Å². The number of fused-ring (bicyclic) bond motifs is 4. The number of hydrogen-bond acceptors (Lipinski definition) is 6. The first-order chi connectivity index (χ1) is 15.0. The smallest absolute Gasteiger partial charge is 0.319 e. The molecule has 2 amide bonds. The molecule has 1 aromatic heterocycles. The van der Waals surface area contributed by atoms with Crippen molar-refractivity contribution in [1.29, 1.82) is 0 Å². The van der Waals surface area contributed by atoms with E-state index < -0.39 is 5.54 Å². The molecule has 1 aliphatic carbocycles. The molecule has 31 heavy (non-hydrogen) atoms. The zero-order chi connectivity index (χ0) is 21.6. The highest BCUT2D eigenvalue weighted by Gasteiger charge is 2.44. The second-order valence-electron chi connectivity index (χ2n) is 8.88. The first-order valence-electron chi connectivity index (χ1n) is 11.0. The molecule has 2 aliphatic heterocycles. The van der Waals surface area contributed by atoms with Crippen LogP contribution in [0.15, 0.2) is 10.5 Å². The normalized spacial score (nSPS) is 23.3. The highest BCUT2D eigenvalue weighted by Crippen LogP contribution is 2.48. The van der Waals surface area contributed by atoms with Crippen LogP contribution < -0.4 is 10.6 Å². The van der Waals surface area contributed by atoms with E-state index in [2.05, 4.69) is 15.5 Å². The van der Waals surface area contributed by atoms with Gasteiger partial charge in [0.25, 0.3) is 0 Å². The Labute approximate surface area is 185 Å². The largest absolute Gasteiger partial charge is 0.469 e. The van der Waals surface area contributed by atoms with Gasteiger partial charge in [-0.2, -0.15) is 0 Å².